The molecule has 2 aliphatic rings. The Morgan fingerprint density at radius 1 is 1.15 bits per heavy atom. The normalized spacial score (nSPS) is 21.5. The van der Waals surface area contributed by atoms with Crippen molar-refractivity contribution in [1.29, 1.82) is 0 Å². The van der Waals surface area contributed by atoms with Crippen molar-refractivity contribution in [3.05, 3.63) is 57.1 Å². The fourth-order valence-electron chi connectivity index (χ4n) is 3.65. The van der Waals surface area contributed by atoms with Gasteiger partial charge in [-0.05, 0) is 66.2 Å². The Morgan fingerprint density at radius 2 is 1.93 bits per heavy atom. The maximum absolute atomic E-state index is 13.2. The summed E-state index contributed by atoms with van der Waals surface area (Å²) in [6.07, 6.45) is 8.85. The molecule has 0 unspecified atom stereocenters. The monoisotopic (exact) mass is 396 g/mol. The molecule has 1 aliphatic heterocycles. The number of benzene rings is 1. The Kier molecular flexibility index (Phi) is 5.79. The van der Waals surface area contributed by atoms with E-state index in [0.717, 1.165) is 39.9 Å². The average Bonchev–Trinajstić information content (AvgIpc) is 3.32. The quantitative estimate of drug-likeness (QED) is 0.572. The standard InChI is InChI=1S/C22H24N2OS2/c1-2-16-10-12-17(13-11-16)23-22-24(18-7-4-3-5-8-18)21(25)20(27-22)15-19-9-6-14-26-19/h6,9-15,18H,2-5,7-8H2,1H3/b20-15+,23-22?. The van der Waals surface area contributed by atoms with Gasteiger partial charge < -0.3 is 0 Å². The van der Waals surface area contributed by atoms with Crippen molar-refractivity contribution in [3.8, 4) is 0 Å². The van der Waals surface area contributed by atoms with Crippen LogP contribution in [0.15, 0.2) is 51.7 Å². The molecule has 27 heavy (non-hydrogen) atoms. The van der Waals surface area contributed by atoms with Crippen LogP contribution in [-0.2, 0) is 11.2 Å². The molecule has 1 aromatic carbocycles. The molecule has 3 nitrogen and oxygen atoms in total. The van der Waals surface area contributed by atoms with Crippen molar-refractivity contribution >= 4 is 45.9 Å². The van der Waals surface area contributed by atoms with E-state index in [4.69, 9.17) is 4.99 Å². The van der Waals surface area contributed by atoms with Gasteiger partial charge >= 0.3 is 0 Å². The SMILES string of the molecule is CCc1ccc(N=C2S/C(=C/c3cccs3)C(=O)N2C2CCCCC2)cc1. The van der Waals surface area contributed by atoms with E-state index >= 15 is 0 Å². The lowest BCUT2D eigenvalue weighted by Gasteiger charge is -2.30. The molecule has 1 saturated carbocycles. The van der Waals surface area contributed by atoms with Gasteiger partial charge in [0.2, 0.25) is 0 Å². The van der Waals surface area contributed by atoms with Gasteiger partial charge in [0.15, 0.2) is 5.17 Å². The Balaban J connectivity index is 1.67. The van der Waals surface area contributed by atoms with E-state index < -0.39 is 0 Å². The van der Waals surface area contributed by atoms with Crippen LogP contribution in [0.4, 0.5) is 5.69 Å². The lowest BCUT2D eigenvalue weighted by molar-refractivity contribution is -0.124. The van der Waals surface area contributed by atoms with Crippen molar-refractivity contribution < 1.29 is 4.79 Å². The van der Waals surface area contributed by atoms with E-state index in [-0.39, 0.29) is 11.9 Å². The van der Waals surface area contributed by atoms with Crippen molar-refractivity contribution in [3.63, 3.8) is 0 Å². The first-order valence-electron chi connectivity index (χ1n) is 9.69. The summed E-state index contributed by atoms with van der Waals surface area (Å²) in [7, 11) is 0. The molecule has 1 amide bonds. The van der Waals surface area contributed by atoms with Gasteiger partial charge in [-0.15, -0.1) is 11.3 Å². The van der Waals surface area contributed by atoms with Gasteiger partial charge in [0.1, 0.15) is 0 Å². The number of rotatable bonds is 4. The van der Waals surface area contributed by atoms with E-state index in [9.17, 15) is 4.79 Å². The molecule has 1 aliphatic carbocycles. The van der Waals surface area contributed by atoms with Gasteiger partial charge in [-0.2, -0.15) is 0 Å². The summed E-state index contributed by atoms with van der Waals surface area (Å²) in [5.41, 5.74) is 2.22. The van der Waals surface area contributed by atoms with E-state index in [2.05, 4.69) is 37.3 Å². The minimum absolute atomic E-state index is 0.115. The minimum Gasteiger partial charge on any atom is -0.283 e. The molecule has 0 atom stereocenters. The molecule has 0 radical (unpaired) electrons. The fraction of sp³-hybridized carbons (Fsp3) is 0.364. The van der Waals surface area contributed by atoms with E-state index in [1.807, 2.05) is 22.4 Å². The summed E-state index contributed by atoms with van der Waals surface area (Å²) in [6, 6.07) is 12.7. The van der Waals surface area contributed by atoms with Gasteiger partial charge in [0.05, 0.1) is 10.6 Å². The Morgan fingerprint density at radius 3 is 2.59 bits per heavy atom. The third-order valence-corrected chi connectivity index (χ3v) is 6.96. The second-order valence-electron chi connectivity index (χ2n) is 7.01. The number of aryl methyl sites for hydroxylation is 1. The average molecular weight is 397 g/mol. The van der Waals surface area contributed by atoms with Crippen molar-refractivity contribution in [1.82, 2.24) is 4.90 Å². The van der Waals surface area contributed by atoms with E-state index in [1.165, 1.54) is 36.6 Å². The molecule has 1 saturated heterocycles. The highest BCUT2D eigenvalue weighted by Crippen LogP contribution is 2.38. The van der Waals surface area contributed by atoms with Crippen LogP contribution in [0.3, 0.4) is 0 Å². The molecule has 1 aromatic heterocycles. The highest BCUT2D eigenvalue weighted by molar-refractivity contribution is 8.18. The molecule has 0 bridgehead atoms. The van der Waals surface area contributed by atoms with Crippen molar-refractivity contribution in [2.24, 2.45) is 4.99 Å². The number of hydrogen-bond donors (Lipinski definition) is 0. The van der Waals surface area contributed by atoms with E-state index in [0.29, 0.717) is 0 Å². The van der Waals surface area contributed by atoms with Gasteiger partial charge in [0.25, 0.3) is 5.91 Å². The predicted molar refractivity (Wildman–Crippen MR) is 117 cm³/mol. The molecule has 4 rings (SSSR count). The smallest absolute Gasteiger partial charge is 0.267 e. The largest absolute Gasteiger partial charge is 0.283 e. The molecule has 2 fully saturated rings. The summed E-state index contributed by atoms with van der Waals surface area (Å²) in [5.74, 6) is 0.115. The number of thiophene rings is 1. The maximum Gasteiger partial charge on any atom is 0.267 e. The molecule has 140 valence electrons. The maximum atomic E-state index is 13.2. The zero-order valence-corrected chi connectivity index (χ0v) is 17.2. The molecular formula is C22H24N2OS2. The molecular weight excluding hydrogens is 372 g/mol. The second kappa shape index (κ2) is 8.44. The Bertz CT molecular complexity index is 847. The van der Waals surface area contributed by atoms with Crippen LogP contribution in [-0.4, -0.2) is 22.0 Å². The van der Waals surface area contributed by atoms with Crippen molar-refractivity contribution in [2.75, 3.05) is 0 Å². The second-order valence-corrected chi connectivity index (χ2v) is 9.00. The van der Waals surface area contributed by atoms with Gasteiger partial charge in [-0.3, -0.25) is 9.69 Å². The first-order chi connectivity index (χ1) is 13.2. The van der Waals surface area contributed by atoms with Gasteiger partial charge in [-0.25, -0.2) is 4.99 Å². The number of carbonyl (C=O) groups excluding carboxylic acids is 1. The molecule has 0 spiro atoms. The number of nitrogens with zero attached hydrogens (tertiary/aromatic N) is 2. The van der Waals surface area contributed by atoms with Crippen LogP contribution in [0.1, 0.15) is 49.5 Å². The van der Waals surface area contributed by atoms with Crippen LogP contribution in [0.2, 0.25) is 0 Å². The summed E-state index contributed by atoms with van der Waals surface area (Å²) >= 11 is 3.18. The molecule has 2 heterocycles. The summed E-state index contributed by atoms with van der Waals surface area (Å²) in [6.45, 7) is 2.15. The fourth-order valence-corrected chi connectivity index (χ4v) is 5.43. The summed E-state index contributed by atoms with van der Waals surface area (Å²) in [4.78, 5) is 21.9. The van der Waals surface area contributed by atoms with Gasteiger partial charge in [0, 0.05) is 10.9 Å². The zero-order chi connectivity index (χ0) is 18.6. The number of carbonyl (C=O) groups is 1. The van der Waals surface area contributed by atoms with Crippen LogP contribution in [0.5, 0.6) is 0 Å². The highest BCUT2D eigenvalue weighted by atomic mass is 32.2. The molecule has 5 heteroatoms. The predicted octanol–water partition coefficient (Wildman–Crippen LogP) is 6.25. The lowest BCUT2D eigenvalue weighted by Crippen LogP contribution is -2.40. The lowest BCUT2D eigenvalue weighted by atomic mass is 9.94. The topological polar surface area (TPSA) is 32.7 Å². The minimum atomic E-state index is 0.115. The summed E-state index contributed by atoms with van der Waals surface area (Å²) in [5, 5.41) is 2.87. The Labute approximate surface area is 169 Å². The Hall–Kier alpha value is -1.85. The number of amides is 1. The van der Waals surface area contributed by atoms with E-state index in [1.54, 1.807) is 11.3 Å². The number of thioether (sulfide) groups is 1. The molecule has 2 aromatic rings. The van der Waals surface area contributed by atoms with Crippen LogP contribution >= 0.6 is 23.1 Å². The number of aliphatic imine (C=N–C) groups is 1. The third kappa shape index (κ3) is 4.19. The number of amidine groups is 1. The first-order valence-corrected chi connectivity index (χ1v) is 11.4. The van der Waals surface area contributed by atoms with Gasteiger partial charge in [-0.1, -0.05) is 44.4 Å². The van der Waals surface area contributed by atoms with Crippen LogP contribution in [0, 0.1) is 0 Å². The van der Waals surface area contributed by atoms with Crippen LogP contribution < -0.4 is 0 Å². The van der Waals surface area contributed by atoms with Crippen LogP contribution in [0.25, 0.3) is 6.08 Å². The highest BCUT2D eigenvalue weighted by Gasteiger charge is 2.38. The zero-order valence-electron chi connectivity index (χ0n) is 15.6. The third-order valence-electron chi connectivity index (χ3n) is 5.16. The molecule has 0 N–H and O–H groups in total. The summed E-state index contributed by atoms with van der Waals surface area (Å²) < 4.78 is 0. The first kappa shape index (κ1) is 18.5. The van der Waals surface area contributed by atoms with Crippen molar-refractivity contribution in [2.45, 2.75) is 51.5 Å². The number of hydrogen-bond acceptors (Lipinski definition) is 4.